The van der Waals surface area contributed by atoms with Crippen LogP contribution in [0.1, 0.15) is 12.8 Å². The molecule has 1 aliphatic carbocycles. The van der Waals surface area contributed by atoms with Gasteiger partial charge in [-0.05, 0) is 30.5 Å². The van der Waals surface area contributed by atoms with Crippen LogP contribution in [0.4, 0.5) is 5.88 Å². The van der Waals surface area contributed by atoms with Crippen molar-refractivity contribution >= 4 is 17.5 Å². The topological polar surface area (TPSA) is 70.5 Å². The third-order valence-corrected chi connectivity index (χ3v) is 3.23. The van der Waals surface area contributed by atoms with Crippen LogP contribution < -0.4 is 15.2 Å². The van der Waals surface area contributed by atoms with Gasteiger partial charge in [0, 0.05) is 0 Å². The third-order valence-electron chi connectivity index (χ3n) is 2.95. The molecule has 0 amide bonds. The number of anilines is 1. The Hall–Kier alpha value is -1.88. The summed E-state index contributed by atoms with van der Waals surface area (Å²) in [6, 6.07) is 3.58. The Kier molecular flexibility index (Phi) is 2.98. The molecule has 0 spiro atoms. The van der Waals surface area contributed by atoms with E-state index in [0.29, 0.717) is 22.1 Å². The average Bonchev–Trinajstić information content (AvgIpc) is 3.11. The minimum absolute atomic E-state index is 0.244. The molecule has 0 unspecified atom stereocenters. The molecule has 5 nitrogen and oxygen atoms in total. The number of nitrogens with two attached hydrogens (primary N) is 1. The Balaban J connectivity index is 2.03. The molecular weight excluding hydrogens is 268 g/mol. The number of nitrogens with zero attached hydrogens (tertiary/aromatic N) is 1. The van der Waals surface area contributed by atoms with Crippen molar-refractivity contribution in [3.05, 3.63) is 23.4 Å². The minimum atomic E-state index is 0.244. The summed E-state index contributed by atoms with van der Waals surface area (Å²) in [7, 11) is 1.58. The van der Waals surface area contributed by atoms with Gasteiger partial charge in [-0.3, -0.25) is 0 Å². The van der Waals surface area contributed by atoms with Crippen molar-refractivity contribution in [1.82, 2.24) is 5.16 Å². The predicted octanol–water partition coefficient (Wildman–Crippen LogP) is 3.13. The summed E-state index contributed by atoms with van der Waals surface area (Å²) in [5.74, 6) is 1.40. The van der Waals surface area contributed by atoms with Crippen LogP contribution in [0.5, 0.6) is 11.5 Å². The molecule has 1 saturated carbocycles. The number of halogens is 1. The van der Waals surface area contributed by atoms with Gasteiger partial charge in [0.25, 0.3) is 0 Å². The summed E-state index contributed by atoms with van der Waals surface area (Å²) >= 11 is 6.26. The van der Waals surface area contributed by atoms with Crippen LogP contribution in [-0.2, 0) is 0 Å². The van der Waals surface area contributed by atoms with Crippen molar-refractivity contribution in [3.63, 3.8) is 0 Å². The largest absolute Gasteiger partial charge is 0.493 e. The van der Waals surface area contributed by atoms with Crippen LogP contribution >= 0.6 is 11.6 Å². The lowest BCUT2D eigenvalue weighted by Gasteiger charge is -2.13. The Morgan fingerprint density at radius 3 is 2.79 bits per heavy atom. The van der Waals surface area contributed by atoms with Crippen molar-refractivity contribution in [2.75, 3.05) is 12.8 Å². The molecule has 1 aromatic carbocycles. The molecule has 2 N–H and O–H groups in total. The maximum Gasteiger partial charge on any atom is 0.229 e. The number of ether oxygens (including phenoxy) is 2. The number of aromatic nitrogens is 1. The maximum atomic E-state index is 6.26. The van der Waals surface area contributed by atoms with Crippen molar-refractivity contribution in [2.45, 2.75) is 18.9 Å². The van der Waals surface area contributed by atoms with Gasteiger partial charge in [0.15, 0.2) is 11.5 Å². The van der Waals surface area contributed by atoms with E-state index in [1.165, 1.54) is 0 Å². The number of benzene rings is 1. The van der Waals surface area contributed by atoms with Crippen molar-refractivity contribution in [1.29, 1.82) is 0 Å². The fourth-order valence-corrected chi connectivity index (χ4v) is 2.06. The smallest absolute Gasteiger partial charge is 0.229 e. The average molecular weight is 281 g/mol. The van der Waals surface area contributed by atoms with Gasteiger partial charge in [0.1, 0.15) is 0 Å². The van der Waals surface area contributed by atoms with Crippen LogP contribution in [0.2, 0.25) is 5.02 Å². The van der Waals surface area contributed by atoms with Crippen LogP contribution in [0.25, 0.3) is 11.1 Å². The molecule has 1 aliphatic rings. The number of hydrogen-bond donors (Lipinski definition) is 1. The molecule has 100 valence electrons. The normalized spacial score (nSPS) is 14.4. The van der Waals surface area contributed by atoms with Gasteiger partial charge in [0.05, 0.1) is 30.0 Å². The summed E-state index contributed by atoms with van der Waals surface area (Å²) in [6.07, 6.45) is 3.90. The molecule has 3 rings (SSSR count). The number of methoxy groups -OCH3 is 1. The van der Waals surface area contributed by atoms with Crippen LogP contribution in [0.3, 0.4) is 0 Å². The minimum Gasteiger partial charge on any atom is -0.493 e. The summed E-state index contributed by atoms with van der Waals surface area (Å²) in [6.45, 7) is 0. The molecule has 1 aromatic heterocycles. The molecule has 19 heavy (non-hydrogen) atoms. The first kappa shape index (κ1) is 12.2. The SMILES string of the molecule is COc1cc(-c2cnoc2N)cc(Cl)c1OC1CC1. The fourth-order valence-electron chi connectivity index (χ4n) is 1.81. The second-order valence-corrected chi connectivity index (χ2v) is 4.82. The van der Waals surface area contributed by atoms with E-state index in [9.17, 15) is 0 Å². The molecule has 1 heterocycles. The zero-order chi connectivity index (χ0) is 13.4. The predicted molar refractivity (Wildman–Crippen MR) is 71.6 cm³/mol. The van der Waals surface area contributed by atoms with E-state index in [1.807, 2.05) is 6.07 Å². The first-order chi connectivity index (χ1) is 9.19. The van der Waals surface area contributed by atoms with E-state index >= 15 is 0 Å². The van der Waals surface area contributed by atoms with Crippen LogP contribution in [0.15, 0.2) is 22.9 Å². The Bertz CT molecular complexity index is 608. The van der Waals surface area contributed by atoms with E-state index in [-0.39, 0.29) is 12.0 Å². The van der Waals surface area contributed by atoms with Crippen molar-refractivity contribution < 1.29 is 14.0 Å². The highest BCUT2D eigenvalue weighted by molar-refractivity contribution is 6.32. The van der Waals surface area contributed by atoms with E-state index < -0.39 is 0 Å². The van der Waals surface area contributed by atoms with E-state index in [2.05, 4.69) is 5.16 Å². The second-order valence-electron chi connectivity index (χ2n) is 4.41. The van der Waals surface area contributed by atoms with Gasteiger partial charge in [0.2, 0.25) is 5.88 Å². The summed E-state index contributed by atoms with van der Waals surface area (Å²) in [4.78, 5) is 0. The molecule has 0 atom stereocenters. The zero-order valence-electron chi connectivity index (χ0n) is 10.4. The lowest BCUT2D eigenvalue weighted by Crippen LogP contribution is -2.00. The monoisotopic (exact) mass is 280 g/mol. The van der Waals surface area contributed by atoms with Gasteiger partial charge < -0.3 is 19.7 Å². The first-order valence-electron chi connectivity index (χ1n) is 5.93. The zero-order valence-corrected chi connectivity index (χ0v) is 11.1. The highest BCUT2D eigenvalue weighted by Gasteiger charge is 2.26. The molecular formula is C13H13ClN2O3. The fraction of sp³-hybridized carbons (Fsp3) is 0.308. The Labute approximate surface area is 115 Å². The first-order valence-corrected chi connectivity index (χ1v) is 6.31. The highest BCUT2D eigenvalue weighted by atomic mass is 35.5. The maximum absolute atomic E-state index is 6.26. The van der Waals surface area contributed by atoms with Gasteiger partial charge >= 0.3 is 0 Å². The molecule has 0 bridgehead atoms. The molecule has 0 saturated heterocycles. The summed E-state index contributed by atoms with van der Waals surface area (Å²) in [5.41, 5.74) is 7.16. The van der Waals surface area contributed by atoms with Gasteiger partial charge in [-0.1, -0.05) is 16.8 Å². The van der Waals surface area contributed by atoms with Gasteiger partial charge in [-0.25, -0.2) is 0 Å². The Morgan fingerprint density at radius 1 is 1.42 bits per heavy atom. The number of rotatable bonds is 4. The number of nitrogen functional groups attached to an aromatic ring is 1. The standard InChI is InChI=1S/C13H13ClN2O3/c1-17-11-5-7(9-6-16-19-13(9)15)4-10(14)12(11)18-8-2-3-8/h4-6,8H,2-3,15H2,1H3. The van der Waals surface area contributed by atoms with E-state index in [0.717, 1.165) is 18.4 Å². The molecule has 6 heteroatoms. The summed E-state index contributed by atoms with van der Waals surface area (Å²) < 4.78 is 15.9. The van der Waals surface area contributed by atoms with Crippen LogP contribution in [0, 0.1) is 0 Å². The quantitative estimate of drug-likeness (QED) is 0.932. The van der Waals surface area contributed by atoms with Crippen LogP contribution in [-0.4, -0.2) is 18.4 Å². The molecule has 1 fully saturated rings. The lowest BCUT2D eigenvalue weighted by molar-refractivity contribution is 0.282. The van der Waals surface area contributed by atoms with Crippen molar-refractivity contribution in [2.24, 2.45) is 0 Å². The van der Waals surface area contributed by atoms with Crippen molar-refractivity contribution in [3.8, 4) is 22.6 Å². The summed E-state index contributed by atoms with van der Waals surface area (Å²) in [5, 5.41) is 4.14. The number of hydrogen-bond acceptors (Lipinski definition) is 5. The lowest BCUT2D eigenvalue weighted by atomic mass is 10.1. The Morgan fingerprint density at radius 2 is 2.21 bits per heavy atom. The van der Waals surface area contributed by atoms with Gasteiger partial charge in [-0.2, -0.15) is 0 Å². The highest BCUT2D eigenvalue weighted by Crippen LogP contribution is 2.43. The molecule has 2 aromatic rings. The van der Waals surface area contributed by atoms with E-state index in [1.54, 1.807) is 19.4 Å². The second kappa shape index (κ2) is 4.66. The molecule has 0 aliphatic heterocycles. The van der Waals surface area contributed by atoms with Gasteiger partial charge in [-0.15, -0.1) is 0 Å². The third kappa shape index (κ3) is 2.33. The molecule has 0 radical (unpaired) electrons. The van der Waals surface area contributed by atoms with E-state index in [4.69, 9.17) is 31.3 Å².